The van der Waals surface area contributed by atoms with E-state index in [4.69, 9.17) is 13.9 Å². The Morgan fingerprint density at radius 3 is 2.42 bits per heavy atom. The predicted octanol–water partition coefficient (Wildman–Crippen LogP) is 6.50. The van der Waals surface area contributed by atoms with Crippen molar-refractivity contribution in [3.8, 4) is 6.07 Å². The topological polar surface area (TPSA) is 68.6 Å². The summed E-state index contributed by atoms with van der Waals surface area (Å²) in [6.45, 7) is 18.2. The van der Waals surface area contributed by atoms with Gasteiger partial charge in [0.25, 0.3) is 0 Å². The SMILES string of the molecule is COC(=O)/C(=C/[C@H]1CCC[C@@H](C)[C@@H]1[C@H](C)C#N)[C@@H]1O[C@H](CO[Si](C)(C)C(C)(C)C)CC[C@H]1C. The minimum atomic E-state index is -1.87. The van der Waals surface area contributed by atoms with Crippen molar-refractivity contribution in [2.24, 2.45) is 29.6 Å². The highest BCUT2D eigenvalue weighted by Gasteiger charge is 2.41. The number of hydrogen-bond acceptors (Lipinski definition) is 5. The van der Waals surface area contributed by atoms with Gasteiger partial charge in [-0.2, -0.15) is 5.26 Å². The first-order valence-corrected chi connectivity index (χ1v) is 15.7. The third kappa shape index (κ3) is 6.93. The van der Waals surface area contributed by atoms with E-state index < -0.39 is 8.32 Å². The van der Waals surface area contributed by atoms with Gasteiger partial charge >= 0.3 is 5.97 Å². The van der Waals surface area contributed by atoms with Gasteiger partial charge in [-0.25, -0.2) is 4.79 Å². The van der Waals surface area contributed by atoms with Crippen LogP contribution in [0, 0.1) is 40.9 Å². The molecule has 0 aromatic carbocycles. The van der Waals surface area contributed by atoms with Crippen LogP contribution >= 0.6 is 0 Å². The Balaban J connectivity index is 2.26. The van der Waals surface area contributed by atoms with Crippen LogP contribution in [-0.4, -0.2) is 40.2 Å². The molecule has 0 aromatic rings. The van der Waals surface area contributed by atoms with Crippen molar-refractivity contribution in [3.63, 3.8) is 0 Å². The standard InChI is InChI=1S/C27H47NO4Si/c1-18-11-10-12-21(24(18)20(3)16-28)15-23(26(29)30-7)25-19(2)13-14-22(32-25)17-31-33(8,9)27(4,5)6/h15,18-22,24-25H,10-14,17H2,1-9H3/b23-15+/t18-,19-,20-,21-,22+,24-,25-/m1/s1. The van der Waals surface area contributed by atoms with E-state index in [1.54, 1.807) is 0 Å². The first kappa shape index (κ1) is 28.1. The van der Waals surface area contributed by atoms with Gasteiger partial charge in [0.2, 0.25) is 0 Å². The van der Waals surface area contributed by atoms with E-state index in [0.717, 1.165) is 32.1 Å². The molecule has 1 saturated carbocycles. The summed E-state index contributed by atoms with van der Waals surface area (Å²) in [5.74, 6) is 0.781. The van der Waals surface area contributed by atoms with Crippen molar-refractivity contribution < 1.29 is 18.7 Å². The summed E-state index contributed by atoms with van der Waals surface area (Å²) < 4.78 is 18.2. The molecule has 1 aliphatic heterocycles. The molecule has 2 rings (SSSR count). The summed E-state index contributed by atoms with van der Waals surface area (Å²) in [5, 5.41) is 9.77. The molecule has 0 aromatic heterocycles. The molecule has 188 valence electrons. The monoisotopic (exact) mass is 477 g/mol. The number of carbonyl (C=O) groups is 1. The van der Waals surface area contributed by atoms with Gasteiger partial charge in [-0.3, -0.25) is 0 Å². The fraction of sp³-hybridized carbons (Fsp3) is 0.852. The van der Waals surface area contributed by atoms with E-state index in [0.29, 0.717) is 18.1 Å². The summed E-state index contributed by atoms with van der Waals surface area (Å²) in [6.07, 6.45) is 6.98. The summed E-state index contributed by atoms with van der Waals surface area (Å²) in [6, 6.07) is 2.46. The molecule has 0 N–H and O–H groups in total. The van der Waals surface area contributed by atoms with Crippen LogP contribution in [0.3, 0.4) is 0 Å². The Hall–Kier alpha value is -1.16. The number of rotatable bonds is 7. The van der Waals surface area contributed by atoms with Crippen LogP contribution in [0.15, 0.2) is 11.6 Å². The van der Waals surface area contributed by atoms with Crippen LogP contribution in [-0.2, 0) is 18.7 Å². The van der Waals surface area contributed by atoms with Gasteiger partial charge in [0, 0.05) is 5.92 Å². The highest BCUT2D eigenvalue weighted by molar-refractivity contribution is 6.74. The molecule has 0 radical (unpaired) electrons. The van der Waals surface area contributed by atoms with Crippen molar-refractivity contribution in [3.05, 3.63) is 11.6 Å². The first-order valence-electron chi connectivity index (χ1n) is 12.8. The second kappa shape index (κ2) is 11.5. The van der Waals surface area contributed by atoms with Crippen LogP contribution in [0.4, 0.5) is 0 Å². The lowest BCUT2D eigenvalue weighted by molar-refractivity contribution is -0.141. The van der Waals surface area contributed by atoms with Crippen molar-refractivity contribution >= 4 is 14.3 Å². The minimum absolute atomic E-state index is 0.0208. The Morgan fingerprint density at radius 1 is 1.18 bits per heavy atom. The molecule has 1 aliphatic carbocycles. The molecule has 2 fully saturated rings. The molecule has 1 saturated heterocycles. The third-order valence-corrected chi connectivity index (χ3v) is 13.0. The zero-order chi connectivity index (χ0) is 25.0. The maximum atomic E-state index is 13.0. The van der Waals surface area contributed by atoms with Crippen LogP contribution in [0.25, 0.3) is 0 Å². The summed E-state index contributed by atoms with van der Waals surface area (Å²) in [5.41, 5.74) is 0.635. The number of allylic oxidation sites excluding steroid dienone is 1. The van der Waals surface area contributed by atoms with Gasteiger partial charge in [0.05, 0.1) is 37.6 Å². The predicted molar refractivity (Wildman–Crippen MR) is 135 cm³/mol. The fourth-order valence-electron chi connectivity index (χ4n) is 5.28. The minimum Gasteiger partial charge on any atom is -0.466 e. The number of nitriles is 1. The smallest absolute Gasteiger partial charge is 0.336 e. The lowest BCUT2D eigenvalue weighted by Crippen LogP contribution is -2.45. The maximum Gasteiger partial charge on any atom is 0.336 e. The number of ether oxygens (including phenoxy) is 2. The average Bonchev–Trinajstić information content (AvgIpc) is 2.75. The Kier molecular flexibility index (Phi) is 9.79. The van der Waals surface area contributed by atoms with E-state index in [1.165, 1.54) is 7.11 Å². The molecule has 0 bridgehead atoms. The third-order valence-electron chi connectivity index (χ3n) is 8.49. The van der Waals surface area contributed by atoms with Crippen molar-refractivity contribution in [2.45, 2.75) is 104 Å². The highest BCUT2D eigenvalue weighted by atomic mass is 28.4. The molecule has 2 aliphatic rings. The molecule has 7 atom stereocenters. The maximum absolute atomic E-state index is 13.0. The molecule has 0 unspecified atom stereocenters. The average molecular weight is 478 g/mol. The van der Waals surface area contributed by atoms with E-state index in [9.17, 15) is 10.1 Å². The summed E-state index contributed by atoms with van der Waals surface area (Å²) >= 11 is 0. The van der Waals surface area contributed by atoms with E-state index in [1.807, 2.05) is 6.92 Å². The van der Waals surface area contributed by atoms with Gasteiger partial charge in [0.15, 0.2) is 8.32 Å². The van der Waals surface area contributed by atoms with Crippen LogP contribution < -0.4 is 0 Å². The van der Waals surface area contributed by atoms with Crippen molar-refractivity contribution in [2.75, 3.05) is 13.7 Å². The van der Waals surface area contributed by atoms with E-state index in [2.05, 4.69) is 59.9 Å². The lowest BCUT2D eigenvalue weighted by atomic mass is 9.67. The lowest BCUT2D eigenvalue weighted by Gasteiger charge is -2.41. The molecule has 0 amide bonds. The van der Waals surface area contributed by atoms with Crippen molar-refractivity contribution in [1.29, 1.82) is 5.26 Å². The molecular formula is C27H47NO4Si. The first-order chi connectivity index (χ1) is 15.3. The van der Waals surface area contributed by atoms with Gasteiger partial charge in [-0.05, 0) is 68.0 Å². The zero-order valence-corrected chi connectivity index (χ0v) is 23.4. The van der Waals surface area contributed by atoms with Crippen LogP contribution in [0.5, 0.6) is 0 Å². The van der Waals surface area contributed by atoms with Gasteiger partial charge in [-0.15, -0.1) is 0 Å². The molecule has 1 heterocycles. The Morgan fingerprint density at radius 2 is 1.85 bits per heavy atom. The van der Waals surface area contributed by atoms with Gasteiger partial charge < -0.3 is 13.9 Å². The van der Waals surface area contributed by atoms with Gasteiger partial charge in [0.1, 0.15) is 0 Å². The number of hydrogen-bond donors (Lipinski definition) is 0. The highest BCUT2D eigenvalue weighted by Crippen LogP contribution is 2.42. The summed E-state index contributed by atoms with van der Waals surface area (Å²) in [4.78, 5) is 13.0. The fourth-order valence-corrected chi connectivity index (χ4v) is 6.32. The summed E-state index contributed by atoms with van der Waals surface area (Å²) in [7, 11) is -0.424. The van der Waals surface area contributed by atoms with Crippen molar-refractivity contribution in [1.82, 2.24) is 0 Å². The van der Waals surface area contributed by atoms with Gasteiger partial charge in [-0.1, -0.05) is 53.5 Å². The largest absolute Gasteiger partial charge is 0.466 e. The molecular weight excluding hydrogens is 430 g/mol. The molecule has 0 spiro atoms. The number of esters is 1. The number of methoxy groups -OCH3 is 1. The van der Waals surface area contributed by atoms with Crippen LogP contribution in [0.1, 0.15) is 73.6 Å². The second-order valence-electron chi connectivity index (χ2n) is 12.0. The van der Waals surface area contributed by atoms with E-state index >= 15 is 0 Å². The Bertz CT molecular complexity index is 735. The number of nitrogens with zero attached hydrogens (tertiary/aromatic N) is 1. The second-order valence-corrected chi connectivity index (χ2v) is 16.8. The quantitative estimate of drug-likeness (QED) is 0.238. The normalized spacial score (nSPS) is 32.7. The Labute approximate surface area is 203 Å². The molecule has 33 heavy (non-hydrogen) atoms. The molecule has 5 nitrogen and oxygen atoms in total. The molecule has 6 heteroatoms. The zero-order valence-electron chi connectivity index (χ0n) is 22.4. The van der Waals surface area contributed by atoms with Crippen LogP contribution in [0.2, 0.25) is 18.1 Å². The van der Waals surface area contributed by atoms with E-state index in [-0.39, 0.29) is 46.9 Å². The number of carbonyl (C=O) groups excluding carboxylic acids is 1.